The Morgan fingerprint density at radius 2 is 2.21 bits per heavy atom. The van der Waals surface area contributed by atoms with E-state index in [1.54, 1.807) is 12.3 Å². The van der Waals surface area contributed by atoms with Crippen molar-refractivity contribution >= 4 is 11.6 Å². The zero-order valence-electron chi connectivity index (χ0n) is 10.8. The van der Waals surface area contributed by atoms with E-state index in [4.69, 9.17) is 10.2 Å². The molecule has 1 aliphatic heterocycles. The first-order chi connectivity index (χ1) is 9.16. The van der Waals surface area contributed by atoms with Crippen molar-refractivity contribution in [2.24, 2.45) is 0 Å². The number of nitrogens with zero attached hydrogens (tertiary/aromatic N) is 1. The van der Waals surface area contributed by atoms with Crippen molar-refractivity contribution in [2.45, 2.75) is 19.9 Å². The fourth-order valence-electron chi connectivity index (χ4n) is 2.59. The van der Waals surface area contributed by atoms with Gasteiger partial charge in [0, 0.05) is 18.8 Å². The van der Waals surface area contributed by atoms with Gasteiger partial charge < -0.3 is 15.1 Å². The zero-order valence-corrected chi connectivity index (χ0v) is 10.8. The first-order valence-corrected chi connectivity index (χ1v) is 6.36. The Hall–Kier alpha value is -2.23. The van der Waals surface area contributed by atoms with Gasteiger partial charge in [-0.1, -0.05) is 12.1 Å². The van der Waals surface area contributed by atoms with Gasteiger partial charge in [0.2, 0.25) is 0 Å². The number of fused-ring (bicyclic) bond motifs is 1. The highest BCUT2D eigenvalue weighted by molar-refractivity contribution is 5.95. The summed E-state index contributed by atoms with van der Waals surface area (Å²) in [5, 5.41) is 0. The minimum absolute atomic E-state index is 0.0272. The van der Waals surface area contributed by atoms with Gasteiger partial charge >= 0.3 is 0 Å². The molecule has 0 bridgehead atoms. The molecule has 4 nitrogen and oxygen atoms in total. The van der Waals surface area contributed by atoms with Crippen LogP contribution in [0.1, 0.15) is 27.2 Å². The average molecular weight is 256 g/mol. The summed E-state index contributed by atoms with van der Waals surface area (Å²) >= 11 is 0. The van der Waals surface area contributed by atoms with E-state index in [-0.39, 0.29) is 5.91 Å². The van der Waals surface area contributed by atoms with E-state index in [9.17, 15) is 4.79 Å². The zero-order chi connectivity index (χ0) is 13.4. The lowest BCUT2D eigenvalue weighted by Gasteiger charge is -2.29. The standard InChI is InChI=1S/C15H16N2O2/c1-10-12(6-8-19-10)15(18)17-7-5-13-11(9-17)3-2-4-14(13)16/h2-4,6,8H,5,7,9,16H2,1H3. The summed E-state index contributed by atoms with van der Waals surface area (Å²) in [5.41, 5.74) is 9.75. The number of carbonyl (C=O) groups is 1. The van der Waals surface area contributed by atoms with E-state index < -0.39 is 0 Å². The summed E-state index contributed by atoms with van der Waals surface area (Å²) < 4.78 is 5.20. The van der Waals surface area contributed by atoms with Crippen molar-refractivity contribution in [3.63, 3.8) is 0 Å². The third-order valence-corrected chi connectivity index (χ3v) is 3.68. The molecule has 0 fully saturated rings. The molecule has 1 aromatic carbocycles. The lowest BCUT2D eigenvalue weighted by atomic mass is 9.97. The van der Waals surface area contributed by atoms with Gasteiger partial charge in [-0.05, 0) is 36.6 Å². The molecule has 19 heavy (non-hydrogen) atoms. The van der Waals surface area contributed by atoms with E-state index in [2.05, 4.69) is 0 Å². The number of carbonyl (C=O) groups excluding carboxylic acids is 1. The molecule has 0 saturated heterocycles. The van der Waals surface area contributed by atoms with Crippen LogP contribution in [0.25, 0.3) is 0 Å². The van der Waals surface area contributed by atoms with Crippen LogP contribution in [0, 0.1) is 6.92 Å². The molecule has 2 aromatic rings. The number of hydrogen-bond donors (Lipinski definition) is 1. The van der Waals surface area contributed by atoms with Crippen LogP contribution in [0.3, 0.4) is 0 Å². The van der Waals surface area contributed by atoms with E-state index in [0.717, 1.165) is 17.7 Å². The average Bonchev–Trinajstić information content (AvgIpc) is 2.84. The molecular formula is C15H16N2O2. The van der Waals surface area contributed by atoms with E-state index in [0.29, 0.717) is 24.4 Å². The number of furan rings is 1. The second-order valence-corrected chi connectivity index (χ2v) is 4.85. The van der Waals surface area contributed by atoms with Crippen LogP contribution in [0.5, 0.6) is 0 Å². The normalized spacial score (nSPS) is 14.3. The Kier molecular flexibility index (Phi) is 2.78. The molecule has 0 spiro atoms. The maximum absolute atomic E-state index is 12.4. The molecule has 1 aromatic heterocycles. The summed E-state index contributed by atoms with van der Waals surface area (Å²) in [7, 11) is 0. The molecular weight excluding hydrogens is 240 g/mol. The Morgan fingerprint density at radius 3 is 2.95 bits per heavy atom. The van der Waals surface area contributed by atoms with E-state index in [1.165, 1.54) is 5.56 Å². The lowest BCUT2D eigenvalue weighted by molar-refractivity contribution is 0.0733. The SMILES string of the molecule is Cc1occc1C(=O)N1CCc2c(N)cccc2C1. The van der Waals surface area contributed by atoms with Crippen LogP contribution < -0.4 is 5.73 Å². The third-order valence-electron chi connectivity index (χ3n) is 3.68. The van der Waals surface area contributed by atoms with Crippen molar-refractivity contribution in [1.82, 2.24) is 4.90 Å². The quantitative estimate of drug-likeness (QED) is 0.797. The molecule has 2 heterocycles. The summed E-state index contributed by atoms with van der Waals surface area (Å²) in [6, 6.07) is 7.61. The highest BCUT2D eigenvalue weighted by Crippen LogP contribution is 2.25. The van der Waals surface area contributed by atoms with Crippen molar-refractivity contribution in [3.8, 4) is 0 Å². The number of anilines is 1. The van der Waals surface area contributed by atoms with E-state index in [1.807, 2.05) is 30.0 Å². The third kappa shape index (κ3) is 1.99. The summed E-state index contributed by atoms with van der Waals surface area (Å²) in [5.74, 6) is 0.697. The summed E-state index contributed by atoms with van der Waals surface area (Å²) in [6.07, 6.45) is 2.36. The number of nitrogen functional groups attached to an aromatic ring is 1. The van der Waals surface area contributed by atoms with Gasteiger partial charge in [0.05, 0.1) is 11.8 Å². The number of aryl methyl sites for hydroxylation is 1. The summed E-state index contributed by atoms with van der Waals surface area (Å²) in [6.45, 7) is 3.12. The van der Waals surface area contributed by atoms with Gasteiger partial charge in [-0.15, -0.1) is 0 Å². The van der Waals surface area contributed by atoms with Crippen LogP contribution in [0.4, 0.5) is 5.69 Å². The van der Waals surface area contributed by atoms with Gasteiger partial charge in [-0.25, -0.2) is 0 Å². The molecule has 0 atom stereocenters. The highest BCUT2D eigenvalue weighted by atomic mass is 16.3. The highest BCUT2D eigenvalue weighted by Gasteiger charge is 2.24. The van der Waals surface area contributed by atoms with Crippen LogP contribution in [0.15, 0.2) is 34.9 Å². The number of nitrogens with two attached hydrogens (primary N) is 1. The minimum atomic E-state index is 0.0272. The van der Waals surface area contributed by atoms with Gasteiger partial charge in [0.25, 0.3) is 5.91 Å². The first kappa shape index (κ1) is 11.8. The van der Waals surface area contributed by atoms with Crippen molar-refractivity contribution in [2.75, 3.05) is 12.3 Å². The van der Waals surface area contributed by atoms with Crippen LogP contribution in [-0.2, 0) is 13.0 Å². The minimum Gasteiger partial charge on any atom is -0.469 e. The maximum atomic E-state index is 12.4. The van der Waals surface area contributed by atoms with Crippen LogP contribution >= 0.6 is 0 Å². The molecule has 1 aliphatic rings. The van der Waals surface area contributed by atoms with Crippen LogP contribution in [0.2, 0.25) is 0 Å². The molecule has 4 heteroatoms. The monoisotopic (exact) mass is 256 g/mol. The Balaban J connectivity index is 1.87. The number of benzene rings is 1. The maximum Gasteiger partial charge on any atom is 0.257 e. The molecule has 1 amide bonds. The smallest absolute Gasteiger partial charge is 0.257 e. The Bertz CT molecular complexity index is 631. The molecule has 0 radical (unpaired) electrons. The Morgan fingerprint density at radius 1 is 1.37 bits per heavy atom. The fraction of sp³-hybridized carbons (Fsp3) is 0.267. The van der Waals surface area contributed by atoms with Crippen molar-refractivity contribution in [3.05, 3.63) is 53.0 Å². The Labute approximate surface area is 111 Å². The molecule has 3 rings (SSSR count). The molecule has 0 unspecified atom stereocenters. The molecule has 2 N–H and O–H groups in total. The lowest BCUT2D eigenvalue weighted by Crippen LogP contribution is -2.36. The predicted molar refractivity (Wildman–Crippen MR) is 72.7 cm³/mol. The number of amides is 1. The topological polar surface area (TPSA) is 59.5 Å². The summed E-state index contributed by atoms with van der Waals surface area (Å²) in [4.78, 5) is 14.3. The predicted octanol–water partition coefficient (Wildman–Crippen LogP) is 2.37. The number of rotatable bonds is 1. The first-order valence-electron chi connectivity index (χ1n) is 6.36. The van der Waals surface area contributed by atoms with Gasteiger partial charge in [0.15, 0.2) is 0 Å². The van der Waals surface area contributed by atoms with Crippen LogP contribution in [-0.4, -0.2) is 17.4 Å². The molecule has 98 valence electrons. The second kappa shape index (κ2) is 4.46. The second-order valence-electron chi connectivity index (χ2n) is 4.85. The largest absolute Gasteiger partial charge is 0.469 e. The van der Waals surface area contributed by atoms with E-state index >= 15 is 0 Å². The van der Waals surface area contributed by atoms with Crippen molar-refractivity contribution in [1.29, 1.82) is 0 Å². The van der Waals surface area contributed by atoms with Gasteiger partial charge in [-0.3, -0.25) is 4.79 Å². The number of hydrogen-bond acceptors (Lipinski definition) is 3. The molecule has 0 aliphatic carbocycles. The fourth-order valence-corrected chi connectivity index (χ4v) is 2.59. The van der Waals surface area contributed by atoms with Crippen molar-refractivity contribution < 1.29 is 9.21 Å². The van der Waals surface area contributed by atoms with Gasteiger partial charge in [-0.2, -0.15) is 0 Å². The molecule has 0 saturated carbocycles. The van der Waals surface area contributed by atoms with Gasteiger partial charge in [0.1, 0.15) is 5.76 Å².